The van der Waals surface area contributed by atoms with Crippen LogP contribution in [-0.2, 0) is 11.3 Å². The summed E-state index contributed by atoms with van der Waals surface area (Å²) in [4.78, 5) is 28.2. The number of thiazole rings is 1. The smallest absolute Gasteiger partial charge is 0.330 e. The summed E-state index contributed by atoms with van der Waals surface area (Å²) < 4.78 is 0. The number of nitrogens with one attached hydrogen (secondary N) is 2. The molecule has 0 aliphatic carbocycles. The van der Waals surface area contributed by atoms with Crippen LogP contribution in [0, 0.1) is 6.92 Å². The van der Waals surface area contributed by atoms with Crippen molar-refractivity contribution in [2.75, 3.05) is 0 Å². The number of aryl methyl sites for hydroxylation is 1. The summed E-state index contributed by atoms with van der Waals surface area (Å²) in [7, 11) is 0. The van der Waals surface area contributed by atoms with E-state index < -0.39 is 18.0 Å². The number of nitrogens with zero attached hydrogens (tertiary/aromatic N) is 1. The molecule has 0 bridgehead atoms. The largest absolute Gasteiger partial charge is 0.479 e. The first-order valence-corrected chi connectivity index (χ1v) is 7.11. The Balaban J connectivity index is 1.94. The Hall–Kier alpha value is -2.41. The Morgan fingerprint density at radius 1 is 1.33 bits per heavy atom. The number of carbonyl (C=O) groups excluding carboxylic acids is 1. The SMILES string of the molecule is Cc1cnc(CNC(=O)N[C@H](C(=O)O)c2ccccc2)s1. The standard InChI is InChI=1S/C14H15N3O3S/c1-9-7-15-11(21-9)8-16-14(20)17-12(13(18)19)10-5-3-2-4-6-10/h2-7,12H,8H2,1H3,(H,18,19)(H2,16,17,20)/t12-/m0/s1. The number of carboxylic acid groups (broad SMARTS) is 1. The van der Waals surface area contributed by atoms with Crippen molar-refractivity contribution in [3.05, 3.63) is 52.0 Å². The summed E-state index contributed by atoms with van der Waals surface area (Å²) in [6, 6.07) is 6.93. The maximum Gasteiger partial charge on any atom is 0.330 e. The first-order valence-electron chi connectivity index (χ1n) is 6.29. The van der Waals surface area contributed by atoms with Crippen molar-refractivity contribution in [1.82, 2.24) is 15.6 Å². The summed E-state index contributed by atoms with van der Waals surface area (Å²) in [5.41, 5.74) is 0.519. The van der Waals surface area contributed by atoms with E-state index in [9.17, 15) is 14.7 Å². The number of aromatic nitrogens is 1. The molecule has 0 saturated carbocycles. The minimum atomic E-state index is -1.11. The monoisotopic (exact) mass is 305 g/mol. The third kappa shape index (κ3) is 4.28. The average Bonchev–Trinajstić information content (AvgIpc) is 2.89. The Bertz CT molecular complexity index is 627. The highest BCUT2D eigenvalue weighted by Crippen LogP contribution is 2.13. The molecule has 0 aliphatic heterocycles. The zero-order valence-corrected chi connectivity index (χ0v) is 12.2. The molecule has 0 saturated heterocycles. The maximum atomic E-state index is 11.8. The molecular formula is C14H15N3O3S. The highest BCUT2D eigenvalue weighted by Gasteiger charge is 2.21. The minimum absolute atomic E-state index is 0.269. The third-order valence-electron chi connectivity index (χ3n) is 2.72. The molecule has 0 fully saturated rings. The molecule has 110 valence electrons. The molecule has 3 N–H and O–H groups in total. The fraction of sp³-hybridized carbons (Fsp3) is 0.214. The number of aliphatic carboxylic acids is 1. The average molecular weight is 305 g/mol. The van der Waals surface area contributed by atoms with Crippen molar-refractivity contribution in [3.8, 4) is 0 Å². The number of carboxylic acids is 1. The lowest BCUT2D eigenvalue weighted by Gasteiger charge is -2.15. The van der Waals surface area contributed by atoms with Crippen molar-refractivity contribution in [2.45, 2.75) is 19.5 Å². The van der Waals surface area contributed by atoms with Gasteiger partial charge in [0, 0.05) is 11.1 Å². The van der Waals surface area contributed by atoms with E-state index >= 15 is 0 Å². The number of hydrogen-bond donors (Lipinski definition) is 3. The molecular weight excluding hydrogens is 290 g/mol. The molecule has 2 amide bonds. The number of carbonyl (C=O) groups is 2. The van der Waals surface area contributed by atoms with Crippen LogP contribution in [0.25, 0.3) is 0 Å². The van der Waals surface area contributed by atoms with Crippen LogP contribution in [0.1, 0.15) is 21.5 Å². The lowest BCUT2D eigenvalue weighted by molar-refractivity contribution is -0.139. The summed E-state index contributed by atoms with van der Waals surface area (Å²) in [6.45, 7) is 2.20. The zero-order valence-electron chi connectivity index (χ0n) is 11.4. The fourth-order valence-electron chi connectivity index (χ4n) is 1.75. The van der Waals surface area contributed by atoms with Gasteiger partial charge in [-0.3, -0.25) is 0 Å². The van der Waals surface area contributed by atoms with Gasteiger partial charge in [-0.05, 0) is 12.5 Å². The quantitative estimate of drug-likeness (QED) is 0.788. The minimum Gasteiger partial charge on any atom is -0.479 e. The van der Waals surface area contributed by atoms with E-state index in [1.54, 1.807) is 36.5 Å². The van der Waals surface area contributed by atoms with Crippen molar-refractivity contribution >= 4 is 23.3 Å². The van der Waals surface area contributed by atoms with Crippen molar-refractivity contribution in [2.24, 2.45) is 0 Å². The third-order valence-corrected chi connectivity index (χ3v) is 3.64. The Morgan fingerprint density at radius 3 is 2.62 bits per heavy atom. The maximum absolute atomic E-state index is 11.8. The second kappa shape index (κ2) is 6.85. The summed E-state index contributed by atoms with van der Waals surface area (Å²) in [5.74, 6) is -1.11. The molecule has 0 spiro atoms. The van der Waals surface area contributed by atoms with Crippen molar-refractivity contribution in [1.29, 1.82) is 0 Å². The predicted molar refractivity (Wildman–Crippen MR) is 79.0 cm³/mol. The van der Waals surface area contributed by atoms with E-state index in [0.29, 0.717) is 5.56 Å². The summed E-state index contributed by atoms with van der Waals surface area (Å²) in [6.07, 6.45) is 1.73. The predicted octanol–water partition coefficient (Wildman–Crippen LogP) is 2.08. The molecule has 0 aliphatic rings. The van der Waals surface area contributed by atoms with Crippen molar-refractivity contribution < 1.29 is 14.7 Å². The van der Waals surface area contributed by atoms with E-state index in [0.717, 1.165) is 9.88 Å². The van der Waals surface area contributed by atoms with E-state index in [2.05, 4.69) is 15.6 Å². The van der Waals surface area contributed by atoms with Crippen LogP contribution in [0.3, 0.4) is 0 Å². The van der Waals surface area contributed by atoms with Gasteiger partial charge in [0.2, 0.25) is 0 Å². The number of rotatable bonds is 5. The van der Waals surface area contributed by atoms with Gasteiger partial charge in [0.1, 0.15) is 5.01 Å². The lowest BCUT2D eigenvalue weighted by Crippen LogP contribution is -2.40. The summed E-state index contributed by atoms with van der Waals surface area (Å²) in [5, 5.41) is 15.0. The molecule has 1 heterocycles. The molecule has 0 radical (unpaired) electrons. The molecule has 7 heteroatoms. The van der Waals surface area contributed by atoms with Crippen LogP contribution in [0.5, 0.6) is 0 Å². The van der Waals surface area contributed by atoms with Crippen LogP contribution in [0.15, 0.2) is 36.5 Å². The lowest BCUT2D eigenvalue weighted by atomic mass is 10.1. The van der Waals surface area contributed by atoms with E-state index in [-0.39, 0.29) is 6.54 Å². The van der Waals surface area contributed by atoms with Crippen LogP contribution in [-0.4, -0.2) is 22.1 Å². The molecule has 2 aromatic rings. The van der Waals surface area contributed by atoms with E-state index in [4.69, 9.17) is 0 Å². The molecule has 1 aromatic carbocycles. The van der Waals surface area contributed by atoms with Gasteiger partial charge in [-0.2, -0.15) is 0 Å². The van der Waals surface area contributed by atoms with Gasteiger partial charge < -0.3 is 15.7 Å². The van der Waals surface area contributed by atoms with Gasteiger partial charge in [0.25, 0.3) is 0 Å². The second-order valence-electron chi connectivity index (χ2n) is 4.37. The molecule has 6 nitrogen and oxygen atoms in total. The normalized spacial score (nSPS) is 11.7. The fourth-order valence-corrected chi connectivity index (χ4v) is 2.48. The van der Waals surface area contributed by atoms with E-state index in [1.165, 1.54) is 11.3 Å². The number of benzene rings is 1. The Morgan fingerprint density at radius 2 is 2.05 bits per heavy atom. The molecule has 0 unspecified atom stereocenters. The van der Waals surface area contributed by atoms with Crippen LogP contribution in [0.2, 0.25) is 0 Å². The van der Waals surface area contributed by atoms with Crippen molar-refractivity contribution in [3.63, 3.8) is 0 Å². The van der Waals surface area contributed by atoms with Gasteiger partial charge in [-0.25, -0.2) is 14.6 Å². The highest BCUT2D eigenvalue weighted by atomic mass is 32.1. The molecule has 1 atom stereocenters. The molecule has 21 heavy (non-hydrogen) atoms. The van der Waals surface area contributed by atoms with Crippen LogP contribution < -0.4 is 10.6 Å². The first-order chi connectivity index (χ1) is 10.1. The first kappa shape index (κ1) is 15.0. The van der Waals surface area contributed by atoms with Gasteiger partial charge in [0.15, 0.2) is 6.04 Å². The number of hydrogen-bond acceptors (Lipinski definition) is 4. The highest BCUT2D eigenvalue weighted by molar-refractivity contribution is 7.11. The number of urea groups is 1. The van der Waals surface area contributed by atoms with Crippen LogP contribution >= 0.6 is 11.3 Å². The Kier molecular flexibility index (Phi) is 4.89. The zero-order chi connectivity index (χ0) is 15.2. The number of amides is 2. The van der Waals surface area contributed by atoms with E-state index in [1.807, 2.05) is 6.92 Å². The second-order valence-corrected chi connectivity index (χ2v) is 5.69. The molecule has 1 aromatic heterocycles. The van der Waals surface area contributed by atoms with Gasteiger partial charge in [0.05, 0.1) is 6.54 Å². The topological polar surface area (TPSA) is 91.3 Å². The van der Waals surface area contributed by atoms with Gasteiger partial charge in [-0.15, -0.1) is 11.3 Å². The van der Waals surface area contributed by atoms with Gasteiger partial charge >= 0.3 is 12.0 Å². The summed E-state index contributed by atoms with van der Waals surface area (Å²) >= 11 is 1.48. The van der Waals surface area contributed by atoms with Gasteiger partial charge in [-0.1, -0.05) is 30.3 Å². The molecule has 2 rings (SSSR count). The Labute approximate surface area is 125 Å². The van der Waals surface area contributed by atoms with Crippen LogP contribution in [0.4, 0.5) is 4.79 Å².